The van der Waals surface area contributed by atoms with Crippen LogP contribution in [0.4, 0.5) is 0 Å². The van der Waals surface area contributed by atoms with Crippen molar-refractivity contribution in [3.63, 3.8) is 0 Å². The first kappa shape index (κ1) is 29.6. The number of nitrogens with zero attached hydrogens (tertiary/aromatic N) is 4. The average Bonchev–Trinajstić information content (AvgIpc) is 3.48. The Bertz CT molecular complexity index is 2190. The summed E-state index contributed by atoms with van der Waals surface area (Å²) in [6.45, 7) is 12.8. The van der Waals surface area contributed by atoms with Crippen LogP contribution in [0.5, 0.6) is 11.5 Å². The van der Waals surface area contributed by atoms with E-state index >= 15 is 0 Å². The molecule has 0 radical (unpaired) electrons. The first-order valence-electron chi connectivity index (χ1n) is 14.5. The van der Waals surface area contributed by atoms with E-state index < -0.39 is 0 Å². The van der Waals surface area contributed by atoms with E-state index in [1.807, 2.05) is 41.2 Å². The Morgan fingerprint density at radius 2 is 1.48 bits per heavy atom. The Hall–Kier alpha value is -4.47. The molecule has 0 amide bonds. The molecule has 0 fully saturated rings. The molecule has 0 saturated carbocycles. The molecule has 0 spiro atoms. The zero-order valence-electron chi connectivity index (χ0n) is 25.6. The summed E-state index contributed by atoms with van der Waals surface area (Å²) < 4.78 is 10.5. The summed E-state index contributed by atoms with van der Waals surface area (Å²) in [6, 6.07) is 33.8. The molecular weight excluding hydrogens is 724 g/mol. The van der Waals surface area contributed by atoms with Crippen LogP contribution in [0.2, 0.25) is 0 Å². The van der Waals surface area contributed by atoms with E-state index in [0.29, 0.717) is 11.5 Å². The number of fused-ring (bicyclic) bond motifs is 3. The number of hydrogen-bond donors (Lipinski definition) is 0. The van der Waals surface area contributed by atoms with Crippen molar-refractivity contribution in [1.29, 1.82) is 0 Å². The number of benzene rings is 4. The van der Waals surface area contributed by atoms with Gasteiger partial charge in [-0.25, -0.2) is 4.98 Å². The minimum absolute atomic E-state index is 0. The van der Waals surface area contributed by atoms with Crippen LogP contribution in [-0.2, 0) is 21.1 Å². The van der Waals surface area contributed by atoms with Gasteiger partial charge in [-0.3, -0.25) is 4.68 Å². The van der Waals surface area contributed by atoms with Crippen molar-refractivity contribution < 1.29 is 25.8 Å². The van der Waals surface area contributed by atoms with E-state index in [9.17, 15) is 0 Å². The van der Waals surface area contributed by atoms with E-state index in [2.05, 4.69) is 112 Å². The van der Waals surface area contributed by atoms with Crippen LogP contribution in [0.1, 0.15) is 33.6 Å². The van der Waals surface area contributed by atoms with Crippen LogP contribution < -0.4 is 4.74 Å². The molecule has 6 heteroatoms. The Kier molecular flexibility index (Phi) is 7.77. The van der Waals surface area contributed by atoms with E-state index in [0.717, 1.165) is 50.3 Å². The van der Waals surface area contributed by atoms with Gasteiger partial charge in [0.1, 0.15) is 5.82 Å². The monoisotopic (exact) mass is 755 g/mol. The van der Waals surface area contributed by atoms with Crippen molar-refractivity contribution in [3.05, 3.63) is 131 Å². The van der Waals surface area contributed by atoms with Crippen molar-refractivity contribution in [2.75, 3.05) is 0 Å². The maximum absolute atomic E-state index is 6.39. The van der Waals surface area contributed by atoms with Gasteiger partial charge in [0.2, 0.25) is 0 Å². The second kappa shape index (κ2) is 11.6. The molecule has 0 N–H and O–H groups in total. The summed E-state index contributed by atoms with van der Waals surface area (Å²) in [6.07, 6.45) is 1.85. The molecule has 3 heterocycles. The Labute approximate surface area is 272 Å². The minimum atomic E-state index is 0. The Balaban J connectivity index is 0.00000343. The fourth-order valence-corrected chi connectivity index (χ4v) is 6.13. The van der Waals surface area contributed by atoms with E-state index in [1.54, 1.807) is 0 Å². The van der Waals surface area contributed by atoms with Crippen LogP contribution in [0.25, 0.3) is 44.4 Å². The molecule has 0 bridgehead atoms. The molecule has 220 valence electrons. The second-order valence-electron chi connectivity index (χ2n) is 11.3. The maximum atomic E-state index is 6.39. The molecular formula is C38H32N4OPt. The molecule has 0 unspecified atom stereocenters. The van der Waals surface area contributed by atoms with Crippen molar-refractivity contribution >= 4 is 21.8 Å². The van der Waals surface area contributed by atoms with E-state index in [4.69, 9.17) is 9.84 Å². The van der Waals surface area contributed by atoms with Gasteiger partial charge in [-0.15, -0.1) is 35.7 Å². The molecule has 0 saturated heterocycles. The first-order chi connectivity index (χ1) is 20.8. The van der Waals surface area contributed by atoms with Gasteiger partial charge in [0, 0.05) is 34.5 Å². The Morgan fingerprint density at radius 3 is 2.30 bits per heavy atom. The fourth-order valence-electron chi connectivity index (χ4n) is 6.13. The first-order valence-corrected chi connectivity index (χ1v) is 14.5. The number of rotatable bonds is 5. The molecule has 0 aliphatic carbocycles. The van der Waals surface area contributed by atoms with E-state index in [-0.39, 0.29) is 21.1 Å². The summed E-state index contributed by atoms with van der Waals surface area (Å²) in [5.41, 5.74) is 12.3. The standard InChI is InChI=1S/C38H32N4O.Pt/c1-23-18-19-39-36(20-23)41-34-13-8-7-12-32(34)33-17-16-31(22-35(33)41)43-30-11-9-10-29(21-30)42-28(6)38(27(5)40-42)37-25(3)15-14-24(2)26(37)4;/h7-20H,1-6H3;/q-2;+2. The molecule has 4 aromatic carbocycles. The average molecular weight is 756 g/mol. The largest absolute Gasteiger partial charge is 2.00 e. The number of aromatic nitrogens is 4. The normalized spacial score (nSPS) is 11.2. The summed E-state index contributed by atoms with van der Waals surface area (Å²) in [4.78, 5) is 4.68. The predicted molar refractivity (Wildman–Crippen MR) is 174 cm³/mol. The van der Waals surface area contributed by atoms with Gasteiger partial charge in [0.15, 0.2) is 0 Å². The summed E-state index contributed by atoms with van der Waals surface area (Å²) in [5, 5.41) is 7.19. The van der Waals surface area contributed by atoms with Gasteiger partial charge in [-0.1, -0.05) is 35.8 Å². The fraction of sp³-hybridized carbons (Fsp3) is 0.158. The zero-order chi connectivity index (χ0) is 29.8. The molecule has 0 aliphatic rings. The van der Waals surface area contributed by atoms with Gasteiger partial charge in [-0.05, 0) is 98.6 Å². The summed E-state index contributed by atoms with van der Waals surface area (Å²) >= 11 is 0. The molecule has 0 atom stereocenters. The van der Waals surface area contributed by atoms with Gasteiger partial charge in [0.05, 0.1) is 5.69 Å². The molecule has 44 heavy (non-hydrogen) atoms. The number of pyridine rings is 1. The topological polar surface area (TPSA) is 44.9 Å². The Morgan fingerprint density at radius 1 is 0.705 bits per heavy atom. The molecule has 0 aliphatic heterocycles. The predicted octanol–water partition coefficient (Wildman–Crippen LogP) is 9.27. The SMILES string of the molecule is Cc1ccnc(-n2c3[c-]c(Oc4[c-]c(-n5nc(C)c(-c6c(C)ccc(C)c6C)c5C)ccc4)ccc3c3ccccc32)c1.[Pt+2]. The van der Waals surface area contributed by atoms with Gasteiger partial charge >= 0.3 is 21.1 Å². The van der Waals surface area contributed by atoms with Crippen LogP contribution in [0.3, 0.4) is 0 Å². The van der Waals surface area contributed by atoms with Crippen LogP contribution in [0.15, 0.2) is 85.1 Å². The number of para-hydroxylation sites is 1. The molecule has 7 aromatic rings. The third-order valence-electron chi connectivity index (χ3n) is 8.37. The quantitative estimate of drug-likeness (QED) is 0.165. The number of aryl methyl sites for hydroxylation is 4. The van der Waals surface area contributed by atoms with Gasteiger partial charge in [0.25, 0.3) is 0 Å². The van der Waals surface area contributed by atoms with Crippen LogP contribution in [0, 0.1) is 53.7 Å². The molecule has 3 aromatic heterocycles. The van der Waals surface area contributed by atoms with Gasteiger partial charge in [-0.2, -0.15) is 17.2 Å². The molecule has 7 rings (SSSR count). The van der Waals surface area contributed by atoms with Crippen molar-refractivity contribution in [2.24, 2.45) is 0 Å². The summed E-state index contributed by atoms with van der Waals surface area (Å²) in [5.74, 6) is 2.06. The third-order valence-corrected chi connectivity index (χ3v) is 8.37. The van der Waals surface area contributed by atoms with Crippen molar-refractivity contribution in [2.45, 2.75) is 41.5 Å². The third kappa shape index (κ3) is 4.95. The van der Waals surface area contributed by atoms with Crippen LogP contribution in [-0.4, -0.2) is 19.3 Å². The van der Waals surface area contributed by atoms with Gasteiger partial charge < -0.3 is 9.30 Å². The zero-order valence-corrected chi connectivity index (χ0v) is 27.9. The minimum Gasteiger partial charge on any atom is -0.509 e. The number of ether oxygens (including phenoxy) is 1. The number of hydrogen-bond acceptors (Lipinski definition) is 3. The second-order valence-corrected chi connectivity index (χ2v) is 11.3. The maximum Gasteiger partial charge on any atom is 2.00 e. The smallest absolute Gasteiger partial charge is 0.509 e. The van der Waals surface area contributed by atoms with Crippen molar-refractivity contribution in [1.82, 2.24) is 19.3 Å². The molecule has 5 nitrogen and oxygen atoms in total. The summed E-state index contributed by atoms with van der Waals surface area (Å²) in [7, 11) is 0. The van der Waals surface area contributed by atoms with Crippen LogP contribution >= 0.6 is 0 Å². The van der Waals surface area contributed by atoms with E-state index in [1.165, 1.54) is 27.8 Å². The van der Waals surface area contributed by atoms with Crippen molar-refractivity contribution in [3.8, 4) is 34.1 Å².